The number of aryl methyl sites for hydroxylation is 1. The van der Waals surface area contributed by atoms with E-state index in [9.17, 15) is 101 Å². The smallest absolute Gasteiger partial charge is 0.296 e. The second-order valence-corrected chi connectivity index (χ2v) is 29.9. The topological polar surface area (TPSA) is 572 Å². The maximum absolute atomic E-state index is 12.9. The molecule has 0 unspecified atom stereocenters. The number of aromatic hydroxyl groups is 2. The van der Waals surface area contributed by atoms with Crippen molar-refractivity contribution in [3.63, 3.8) is 0 Å². The van der Waals surface area contributed by atoms with E-state index in [1.165, 1.54) is 24.3 Å². The Labute approximate surface area is 535 Å². The van der Waals surface area contributed by atoms with Gasteiger partial charge in [-0.1, -0.05) is 48.0 Å². The van der Waals surface area contributed by atoms with Gasteiger partial charge in [0.25, 0.3) is 70.8 Å². The van der Waals surface area contributed by atoms with Crippen molar-refractivity contribution < 1.29 is 101 Å². The van der Waals surface area contributed by atoms with Crippen molar-refractivity contribution >= 4 is 183 Å². The fraction of sp³-hybridized carbons (Fsp3) is 0.0182. The zero-order chi connectivity index (χ0) is 69.4. The summed E-state index contributed by atoms with van der Waals surface area (Å²) in [5.74, 6) is -2.09. The Bertz CT molecular complexity index is 6070. The summed E-state index contributed by atoms with van der Waals surface area (Å²) in [5.41, 5.74) is 8.17. The second kappa shape index (κ2) is 24.4. The number of anilines is 2. The van der Waals surface area contributed by atoms with E-state index in [4.69, 9.17) is 11.5 Å². The molecule has 0 fully saturated rings. The summed E-state index contributed by atoms with van der Waals surface area (Å²) in [6.07, 6.45) is 1.86. The summed E-state index contributed by atoms with van der Waals surface area (Å²) in [6, 6.07) is 23.1. The summed E-state index contributed by atoms with van der Waals surface area (Å²) in [6.45, 7) is 1.70. The lowest BCUT2D eigenvalue weighted by Gasteiger charge is -2.12. The lowest BCUT2D eigenvalue weighted by molar-refractivity contribution is 0.472. The largest absolute Gasteiger partial charge is 0.505 e. The van der Waals surface area contributed by atoms with Crippen LogP contribution in [-0.2, 0) is 70.8 Å². The Morgan fingerprint density at radius 2 is 0.663 bits per heavy atom. The highest BCUT2D eigenvalue weighted by Crippen LogP contribution is 2.49. The molecule has 0 saturated heterocycles. The summed E-state index contributed by atoms with van der Waals surface area (Å²) in [7, 11) is -35.9. The highest BCUT2D eigenvalue weighted by molar-refractivity contribution is 7.87. The second-order valence-electron chi connectivity index (χ2n) is 20.2. The maximum atomic E-state index is 12.9. The van der Waals surface area contributed by atoms with Gasteiger partial charge in [0, 0.05) is 43.7 Å². The van der Waals surface area contributed by atoms with Crippen molar-refractivity contribution in [2.24, 2.45) is 40.9 Å². The molecule has 0 saturated carbocycles. The molecule has 10 rings (SSSR count). The number of rotatable bonds is 17. The van der Waals surface area contributed by atoms with Crippen molar-refractivity contribution in [2.75, 3.05) is 11.5 Å². The molecule has 95 heavy (non-hydrogen) atoms. The standard InChI is InChI=1S/C55H40N10O23S7/c1-26-2-10-32-34(20-26)40(16-18-44(32)90(71,72)73)60-62-42-14-12-38(56)50-36(42)24-48(94(83,84)85)52(54(50)66)64-58-29-7-5-27(46(21-29)92(77,78)79)3-4-28-6-8-30(22-47(28)93(80,81)82)59-65-53-49(95(86,87)88)25-37-43(15-13-39(57)51(37)55(53)67)63-61-41-17-19-45(91(74,75)76)33-11-9-31(23-35(33)41)89(68,69)70/h2-25,66-67H,56-57H2,1H3,(H,68,69,70)(H,71,72,73)(H,74,75,76)(H,77,78,79)(H,80,81,82)(H,83,84,85)(H,86,87,88)/b4-3+,62-60?,63-61?,64-58?,65-59?. The van der Waals surface area contributed by atoms with Gasteiger partial charge in [-0.3, -0.25) is 31.9 Å². The predicted molar refractivity (Wildman–Crippen MR) is 340 cm³/mol. The molecule has 0 atom stereocenters. The zero-order valence-electron chi connectivity index (χ0n) is 47.2. The Morgan fingerprint density at radius 1 is 0.316 bits per heavy atom. The van der Waals surface area contributed by atoms with Crippen LogP contribution < -0.4 is 11.5 Å². The summed E-state index contributed by atoms with van der Waals surface area (Å²) < 4.78 is 246. The number of fused-ring (bicyclic) bond motifs is 4. The summed E-state index contributed by atoms with van der Waals surface area (Å²) >= 11 is 0. The number of phenols is 2. The zero-order valence-corrected chi connectivity index (χ0v) is 52.9. The molecule has 0 bridgehead atoms. The van der Waals surface area contributed by atoms with Crippen LogP contribution in [0.4, 0.5) is 56.9 Å². The van der Waals surface area contributed by atoms with E-state index in [0.717, 1.165) is 97.1 Å². The Balaban J connectivity index is 0.970. The van der Waals surface area contributed by atoms with Gasteiger partial charge in [0.05, 0.1) is 49.8 Å². The lowest BCUT2D eigenvalue weighted by atomic mass is 10.0. The summed E-state index contributed by atoms with van der Waals surface area (Å²) in [4.78, 5) is -6.01. The molecule has 10 aromatic rings. The van der Waals surface area contributed by atoms with Crippen molar-refractivity contribution in [2.45, 2.75) is 41.2 Å². The van der Waals surface area contributed by atoms with Crippen LogP contribution >= 0.6 is 0 Å². The average molecular weight is 1430 g/mol. The van der Waals surface area contributed by atoms with Crippen LogP contribution in [-0.4, -0.2) is 101 Å². The van der Waals surface area contributed by atoms with E-state index in [1.807, 2.05) is 0 Å². The quantitative estimate of drug-likeness (QED) is 0.0175. The molecule has 0 spiro atoms. The van der Waals surface area contributed by atoms with Crippen LogP contribution in [0, 0.1) is 6.92 Å². The van der Waals surface area contributed by atoms with Gasteiger partial charge in [-0.05, 0) is 121 Å². The van der Waals surface area contributed by atoms with Gasteiger partial charge in [-0.25, -0.2) is 0 Å². The highest BCUT2D eigenvalue weighted by atomic mass is 32.2. The van der Waals surface area contributed by atoms with Gasteiger partial charge in [0.2, 0.25) is 0 Å². The third kappa shape index (κ3) is 14.0. The minimum Gasteiger partial charge on any atom is -0.505 e. The molecule has 0 aliphatic heterocycles. The normalized spacial score (nSPS) is 13.4. The molecule has 0 amide bonds. The molecule has 13 N–H and O–H groups in total. The third-order valence-electron chi connectivity index (χ3n) is 13.9. The monoisotopic (exact) mass is 1430 g/mol. The van der Waals surface area contributed by atoms with Crippen molar-refractivity contribution in [1.82, 2.24) is 0 Å². The fourth-order valence-electron chi connectivity index (χ4n) is 9.69. The van der Waals surface area contributed by atoms with Gasteiger partial charge in [-0.15, -0.1) is 30.7 Å². The molecule has 0 radical (unpaired) electrons. The van der Waals surface area contributed by atoms with E-state index in [-0.39, 0.29) is 71.8 Å². The highest BCUT2D eigenvalue weighted by Gasteiger charge is 2.28. The number of benzene rings is 10. The number of nitrogens with zero attached hydrogens (tertiary/aromatic N) is 8. The number of phenolic OH excluding ortho intramolecular Hbond substituents is 2. The number of nitrogens with two attached hydrogens (primary N) is 2. The lowest BCUT2D eigenvalue weighted by Crippen LogP contribution is -2.02. The van der Waals surface area contributed by atoms with Gasteiger partial charge in [-0.2, -0.15) is 69.2 Å². The average Bonchev–Trinajstić information content (AvgIpc) is 0.763. The van der Waals surface area contributed by atoms with E-state index >= 15 is 0 Å². The van der Waals surface area contributed by atoms with Gasteiger partial charge in [0.15, 0.2) is 11.5 Å². The fourth-order valence-corrected chi connectivity index (χ4v) is 14.3. The van der Waals surface area contributed by atoms with E-state index in [2.05, 4.69) is 40.9 Å². The molecular formula is C55H40N10O23S7. The molecule has 10 aromatic carbocycles. The van der Waals surface area contributed by atoms with E-state index < -0.39 is 156 Å². The van der Waals surface area contributed by atoms with E-state index in [1.54, 1.807) is 19.1 Å². The number of azo groups is 4. The van der Waals surface area contributed by atoms with Crippen LogP contribution in [0.15, 0.2) is 209 Å². The first-order chi connectivity index (χ1) is 44.1. The molecular weight excluding hydrogens is 1390 g/mol. The van der Waals surface area contributed by atoms with Crippen LogP contribution in [0.25, 0.3) is 55.2 Å². The SMILES string of the molecule is Cc1ccc2c(S(=O)(=O)O)ccc(N=Nc3ccc(N)c4c(O)c(N=Nc5ccc(/C=C/c6ccc(N=Nc7c(S(=O)(=O)O)cc8c(N=Nc9ccc(S(=O)(=O)O)c%10ccc(S(=O)(=O)O)cc9%10)ccc(N)c8c7O)cc6S(=O)(=O)O)c(S(=O)(=O)O)c5)c(S(=O)(=O)O)cc34)c2c1. The molecule has 0 heterocycles. The minimum atomic E-state index is -5.43. The molecule has 490 valence electrons. The Kier molecular flexibility index (Phi) is 17.4. The van der Waals surface area contributed by atoms with E-state index in [0.29, 0.717) is 17.7 Å². The van der Waals surface area contributed by atoms with Crippen LogP contribution in [0.1, 0.15) is 16.7 Å². The predicted octanol–water partition coefficient (Wildman–Crippen LogP) is 11.7. The first-order valence-corrected chi connectivity index (χ1v) is 35.9. The molecule has 0 aliphatic carbocycles. The molecule has 0 aromatic heterocycles. The number of hydrogen-bond acceptors (Lipinski definition) is 26. The first kappa shape index (κ1) is 67.8. The van der Waals surface area contributed by atoms with Gasteiger partial charge >= 0.3 is 0 Å². The number of nitrogen functional groups attached to an aromatic ring is 2. The number of hydrogen-bond donors (Lipinski definition) is 11. The Hall–Kier alpha value is -10.1. The maximum Gasteiger partial charge on any atom is 0.296 e. The third-order valence-corrected chi connectivity index (χ3v) is 20.2. The van der Waals surface area contributed by atoms with Crippen LogP contribution in [0.5, 0.6) is 11.5 Å². The molecule has 33 nitrogen and oxygen atoms in total. The van der Waals surface area contributed by atoms with Crippen LogP contribution in [0.2, 0.25) is 0 Å². The first-order valence-electron chi connectivity index (χ1n) is 25.8. The molecule has 0 aliphatic rings. The van der Waals surface area contributed by atoms with Gasteiger partial charge in [0.1, 0.15) is 40.7 Å². The van der Waals surface area contributed by atoms with Crippen LogP contribution in [0.3, 0.4) is 0 Å². The molecule has 40 heteroatoms. The minimum absolute atomic E-state index is 0.0774. The summed E-state index contributed by atoms with van der Waals surface area (Å²) in [5, 5.41) is 53.2. The van der Waals surface area contributed by atoms with Crippen molar-refractivity contribution in [1.29, 1.82) is 0 Å². The van der Waals surface area contributed by atoms with Gasteiger partial charge < -0.3 is 21.7 Å². The van der Waals surface area contributed by atoms with Crippen molar-refractivity contribution in [3.05, 3.63) is 150 Å². The van der Waals surface area contributed by atoms with Crippen molar-refractivity contribution in [3.8, 4) is 11.5 Å². The Morgan fingerprint density at radius 3 is 1.03 bits per heavy atom.